The van der Waals surface area contributed by atoms with E-state index in [9.17, 15) is 0 Å². The van der Waals surface area contributed by atoms with E-state index in [2.05, 4.69) is 26.1 Å². The topological polar surface area (TPSA) is 25.8 Å². The molecule has 0 fully saturated rings. The van der Waals surface area contributed by atoms with Crippen LogP contribution in [-0.4, -0.2) is 10.2 Å². The lowest BCUT2D eigenvalue weighted by Crippen LogP contribution is -1.82. The molecule has 0 aliphatic heterocycles. The molecule has 0 N–H and O–H groups in total. The van der Waals surface area contributed by atoms with Gasteiger partial charge in [0.1, 0.15) is 4.60 Å². The van der Waals surface area contributed by atoms with Crippen molar-refractivity contribution >= 4 is 43.7 Å². The van der Waals surface area contributed by atoms with E-state index in [0.717, 1.165) is 15.4 Å². The van der Waals surface area contributed by atoms with Gasteiger partial charge in [-0.05, 0) is 15.9 Å². The SMILES string of the molecule is Br.Brc1nncc2ccccc12. The van der Waals surface area contributed by atoms with Gasteiger partial charge in [0.05, 0.1) is 6.20 Å². The van der Waals surface area contributed by atoms with Gasteiger partial charge in [0.2, 0.25) is 0 Å². The van der Waals surface area contributed by atoms with Crippen LogP contribution in [0, 0.1) is 0 Å². The minimum Gasteiger partial charge on any atom is -0.157 e. The van der Waals surface area contributed by atoms with Crippen LogP contribution in [0.5, 0.6) is 0 Å². The second-order valence-corrected chi connectivity index (χ2v) is 2.97. The number of fused-ring (bicyclic) bond motifs is 1. The zero-order valence-corrected chi connectivity index (χ0v) is 9.37. The minimum absolute atomic E-state index is 0. The fourth-order valence-electron chi connectivity index (χ4n) is 0.993. The molecule has 0 amide bonds. The van der Waals surface area contributed by atoms with Crippen molar-refractivity contribution in [1.82, 2.24) is 10.2 Å². The maximum Gasteiger partial charge on any atom is 0.136 e. The van der Waals surface area contributed by atoms with Crippen molar-refractivity contribution in [3.63, 3.8) is 0 Å². The summed E-state index contributed by atoms with van der Waals surface area (Å²) in [6, 6.07) is 7.98. The van der Waals surface area contributed by atoms with Gasteiger partial charge < -0.3 is 0 Å². The Balaban J connectivity index is 0.000000720. The highest BCUT2D eigenvalue weighted by molar-refractivity contribution is 9.10. The highest BCUT2D eigenvalue weighted by atomic mass is 79.9. The lowest BCUT2D eigenvalue weighted by molar-refractivity contribution is 1.03. The Bertz CT molecular complexity index is 384. The second-order valence-electron chi connectivity index (χ2n) is 2.22. The molecule has 0 radical (unpaired) electrons. The smallest absolute Gasteiger partial charge is 0.136 e. The molecule has 0 bridgehead atoms. The first-order chi connectivity index (χ1) is 5.38. The molecule has 1 aromatic carbocycles. The molecule has 62 valence electrons. The number of aromatic nitrogens is 2. The highest BCUT2D eigenvalue weighted by Gasteiger charge is 1.96. The molecular weight excluding hydrogens is 284 g/mol. The Morgan fingerprint density at radius 2 is 1.92 bits per heavy atom. The number of rotatable bonds is 0. The predicted octanol–water partition coefficient (Wildman–Crippen LogP) is 2.97. The number of hydrogen-bond acceptors (Lipinski definition) is 2. The van der Waals surface area contributed by atoms with Gasteiger partial charge in [-0.1, -0.05) is 24.3 Å². The van der Waals surface area contributed by atoms with Crippen LogP contribution in [0.4, 0.5) is 0 Å². The van der Waals surface area contributed by atoms with Gasteiger partial charge in [-0.2, -0.15) is 5.10 Å². The van der Waals surface area contributed by atoms with Gasteiger partial charge in [-0.3, -0.25) is 0 Å². The van der Waals surface area contributed by atoms with Gasteiger partial charge in [0.25, 0.3) is 0 Å². The van der Waals surface area contributed by atoms with E-state index in [0.29, 0.717) is 0 Å². The zero-order valence-electron chi connectivity index (χ0n) is 6.07. The molecular formula is C8H6Br2N2. The van der Waals surface area contributed by atoms with E-state index in [1.54, 1.807) is 6.20 Å². The van der Waals surface area contributed by atoms with Crippen molar-refractivity contribution in [1.29, 1.82) is 0 Å². The van der Waals surface area contributed by atoms with Crippen LogP contribution in [0.25, 0.3) is 10.8 Å². The van der Waals surface area contributed by atoms with E-state index in [-0.39, 0.29) is 17.0 Å². The molecule has 0 aliphatic carbocycles. The maximum atomic E-state index is 3.87. The average molecular weight is 290 g/mol. The fraction of sp³-hybridized carbons (Fsp3) is 0. The second kappa shape index (κ2) is 3.96. The highest BCUT2D eigenvalue weighted by Crippen LogP contribution is 2.18. The largest absolute Gasteiger partial charge is 0.157 e. The number of hydrogen-bond donors (Lipinski definition) is 0. The molecule has 12 heavy (non-hydrogen) atoms. The number of benzene rings is 1. The maximum absolute atomic E-state index is 3.87. The van der Waals surface area contributed by atoms with Crippen molar-refractivity contribution in [2.45, 2.75) is 0 Å². The Labute approximate surface area is 88.9 Å². The summed E-state index contributed by atoms with van der Waals surface area (Å²) in [5, 5.41) is 9.89. The number of halogens is 2. The van der Waals surface area contributed by atoms with Crippen LogP contribution in [-0.2, 0) is 0 Å². The summed E-state index contributed by atoms with van der Waals surface area (Å²) in [7, 11) is 0. The average Bonchev–Trinajstić information content (AvgIpc) is 2.06. The third-order valence-electron chi connectivity index (χ3n) is 1.53. The summed E-state index contributed by atoms with van der Waals surface area (Å²) in [5.74, 6) is 0. The molecule has 1 heterocycles. The predicted molar refractivity (Wildman–Crippen MR) is 57.6 cm³/mol. The first-order valence-corrected chi connectivity index (χ1v) is 4.03. The van der Waals surface area contributed by atoms with Crippen LogP contribution in [0.2, 0.25) is 0 Å². The molecule has 0 saturated heterocycles. The molecule has 0 spiro atoms. The first kappa shape index (κ1) is 9.61. The van der Waals surface area contributed by atoms with Crippen molar-refractivity contribution in [3.8, 4) is 0 Å². The summed E-state index contributed by atoms with van der Waals surface area (Å²) in [4.78, 5) is 0. The van der Waals surface area contributed by atoms with Crippen LogP contribution >= 0.6 is 32.9 Å². The Kier molecular flexibility index (Phi) is 3.17. The third kappa shape index (κ3) is 1.64. The summed E-state index contributed by atoms with van der Waals surface area (Å²) >= 11 is 3.32. The standard InChI is InChI=1S/C8H5BrN2.BrH/c9-8-7-4-2-1-3-6(7)5-10-11-8;/h1-5H;1H. The van der Waals surface area contributed by atoms with Crippen LogP contribution in [0.3, 0.4) is 0 Å². The first-order valence-electron chi connectivity index (χ1n) is 3.24. The van der Waals surface area contributed by atoms with Gasteiger partial charge >= 0.3 is 0 Å². The van der Waals surface area contributed by atoms with Crippen LogP contribution in [0.1, 0.15) is 0 Å². The normalized spacial score (nSPS) is 9.42. The summed E-state index contributed by atoms with van der Waals surface area (Å²) in [5.41, 5.74) is 0. The minimum atomic E-state index is 0. The Morgan fingerprint density at radius 3 is 2.67 bits per heavy atom. The van der Waals surface area contributed by atoms with E-state index < -0.39 is 0 Å². The molecule has 2 rings (SSSR count). The van der Waals surface area contributed by atoms with Gasteiger partial charge in [-0.15, -0.1) is 22.1 Å². The monoisotopic (exact) mass is 288 g/mol. The van der Waals surface area contributed by atoms with Crippen molar-refractivity contribution in [2.24, 2.45) is 0 Å². The lowest BCUT2D eigenvalue weighted by Gasteiger charge is -1.95. The van der Waals surface area contributed by atoms with Crippen molar-refractivity contribution in [3.05, 3.63) is 35.1 Å². The van der Waals surface area contributed by atoms with E-state index >= 15 is 0 Å². The fourth-order valence-corrected chi connectivity index (χ4v) is 1.45. The molecule has 0 unspecified atom stereocenters. The molecule has 2 nitrogen and oxygen atoms in total. The Morgan fingerprint density at radius 1 is 1.17 bits per heavy atom. The third-order valence-corrected chi connectivity index (χ3v) is 2.11. The lowest BCUT2D eigenvalue weighted by atomic mass is 10.2. The molecule has 0 atom stereocenters. The summed E-state index contributed by atoms with van der Waals surface area (Å²) in [6.07, 6.45) is 1.75. The van der Waals surface area contributed by atoms with Crippen molar-refractivity contribution in [2.75, 3.05) is 0 Å². The Hall–Kier alpha value is -0.480. The van der Waals surface area contributed by atoms with Crippen LogP contribution in [0.15, 0.2) is 35.1 Å². The molecule has 0 aliphatic rings. The van der Waals surface area contributed by atoms with Gasteiger partial charge in [0, 0.05) is 10.8 Å². The summed E-state index contributed by atoms with van der Waals surface area (Å²) < 4.78 is 0.801. The molecule has 2 aromatic rings. The quantitative estimate of drug-likeness (QED) is 0.745. The van der Waals surface area contributed by atoms with E-state index in [4.69, 9.17) is 0 Å². The van der Waals surface area contributed by atoms with Gasteiger partial charge in [0.15, 0.2) is 0 Å². The molecule has 1 aromatic heterocycles. The number of nitrogens with zero attached hydrogens (tertiary/aromatic N) is 2. The van der Waals surface area contributed by atoms with E-state index in [1.165, 1.54) is 0 Å². The molecule has 0 saturated carbocycles. The summed E-state index contributed by atoms with van der Waals surface area (Å²) in [6.45, 7) is 0. The van der Waals surface area contributed by atoms with Gasteiger partial charge in [-0.25, -0.2) is 0 Å². The molecule has 4 heteroatoms. The zero-order chi connectivity index (χ0) is 7.68. The van der Waals surface area contributed by atoms with E-state index in [1.807, 2.05) is 24.3 Å². The van der Waals surface area contributed by atoms with Crippen molar-refractivity contribution < 1.29 is 0 Å². The van der Waals surface area contributed by atoms with Crippen LogP contribution < -0.4 is 0 Å².